The van der Waals surface area contributed by atoms with E-state index in [9.17, 15) is 13.6 Å². The van der Waals surface area contributed by atoms with Crippen LogP contribution in [0.1, 0.15) is 21.5 Å². The summed E-state index contributed by atoms with van der Waals surface area (Å²) in [5, 5.41) is 0. The number of carbonyl (C=O) groups is 1. The van der Waals surface area contributed by atoms with Gasteiger partial charge in [-0.2, -0.15) is 0 Å². The summed E-state index contributed by atoms with van der Waals surface area (Å²) in [6.07, 6.45) is 0. The minimum Gasteiger partial charge on any atom is -0.288 e. The predicted molar refractivity (Wildman–Crippen MR) is 61.0 cm³/mol. The SMILES string of the molecule is Cc1ccccc1C(=O)c1cc(F)ccc1F. The molecule has 0 saturated carbocycles. The van der Waals surface area contributed by atoms with E-state index < -0.39 is 17.4 Å². The maximum absolute atomic E-state index is 13.4. The predicted octanol–water partition coefficient (Wildman–Crippen LogP) is 3.50. The second-order valence-corrected chi connectivity index (χ2v) is 3.77. The molecule has 0 amide bonds. The van der Waals surface area contributed by atoms with Crippen LogP contribution in [0.4, 0.5) is 8.78 Å². The monoisotopic (exact) mass is 232 g/mol. The molecule has 2 rings (SSSR count). The van der Waals surface area contributed by atoms with Crippen molar-refractivity contribution in [3.8, 4) is 0 Å². The van der Waals surface area contributed by atoms with E-state index in [0.717, 1.165) is 23.8 Å². The van der Waals surface area contributed by atoms with Gasteiger partial charge in [-0.15, -0.1) is 0 Å². The number of carbonyl (C=O) groups excluding carboxylic acids is 1. The number of hydrogen-bond donors (Lipinski definition) is 0. The van der Waals surface area contributed by atoms with Crippen LogP contribution in [-0.2, 0) is 0 Å². The highest BCUT2D eigenvalue weighted by Crippen LogP contribution is 2.17. The molecule has 0 bridgehead atoms. The lowest BCUT2D eigenvalue weighted by molar-refractivity contribution is 0.103. The summed E-state index contributed by atoms with van der Waals surface area (Å²) in [6.45, 7) is 1.75. The van der Waals surface area contributed by atoms with Gasteiger partial charge < -0.3 is 0 Å². The first-order valence-electron chi connectivity index (χ1n) is 5.15. The van der Waals surface area contributed by atoms with Crippen molar-refractivity contribution >= 4 is 5.78 Å². The van der Waals surface area contributed by atoms with Crippen LogP contribution in [0.15, 0.2) is 42.5 Å². The standard InChI is InChI=1S/C14H10F2O/c1-9-4-2-3-5-11(9)14(17)12-8-10(15)6-7-13(12)16/h2-8H,1H3. The molecule has 0 saturated heterocycles. The van der Waals surface area contributed by atoms with Gasteiger partial charge in [0.1, 0.15) is 11.6 Å². The van der Waals surface area contributed by atoms with Crippen molar-refractivity contribution in [1.29, 1.82) is 0 Å². The number of hydrogen-bond acceptors (Lipinski definition) is 1. The fourth-order valence-corrected chi connectivity index (χ4v) is 1.64. The fourth-order valence-electron chi connectivity index (χ4n) is 1.64. The zero-order valence-corrected chi connectivity index (χ0v) is 9.21. The number of aryl methyl sites for hydroxylation is 1. The zero-order valence-electron chi connectivity index (χ0n) is 9.21. The molecule has 2 aromatic rings. The Hall–Kier alpha value is -2.03. The molecule has 0 unspecified atom stereocenters. The topological polar surface area (TPSA) is 17.1 Å². The number of benzene rings is 2. The van der Waals surface area contributed by atoms with Crippen molar-refractivity contribution in [1.82, 2.24) is 0 Å². The molecule has 0 aliphatic rings. The van der Waals surface area contributed by atoms with E-state index in [2.05, 4.69) is 0 Å². The van der Waals surface area contributed by atoms with Crippen molar-refractivity contribution in [2.75, 3.05) is 0 Å². The summed E-state index contributed by atoms with van der Waals surface area (Å²) in [4.78, 5) is 12.0. The average Bonchev–Trinajstić information content (AvgIpc) is 2.32. The molecule has 0 aliphatic carbocycles. The molecule has 0 radical (unpaired) electrons. The molecule has 17 heavy (non-hydrogen) atoms. The molecule has 0 atom stereocenters. The van der Waals surface area contributed by atoms with Crippen molar-refractivity contribution in [2.24, 2.45) is 0 Å². The van der Waals surface area contributed by atoms with Crippen LogP contribution in [0.2, 0.25) is 0 Å². The largest absolute Gasteiger partial charge is 0.288 e. The van der Waals surface area contributed by atoms with E-state index in [0.29, 0.717) is 5.56 Å². The van der Waals surface area contributed by atoms with Gasteiger partial charge in [0.2, 0.25) is 0 Å². The van der Waals surface area contributed by atoms with Crippen molar-refractivity contribution in [3.05, 3.63) is 70.8 Å². The van der Waals surface area contributed by atoms with E-state index >= 15 is 0 Å². The summed E-state index contributed by atoms with van der Waals surface area (Å²) in [5.74, 6) is -1.83. The molecule has 86 valence electrons. The smallest absolute Gasteiger partial charge is 0.196 e. The van der Waals surface area contributed by atoms with Gasteiger partial charge in [-0.3, -0.25) is 4.79 Å². The molecule has 0 aliphatic heterocycles. The van der Waals surface area contributed by atoms with E-state index in [1.165, 1.54) is 0 Å². The lowest BCUT2D eigenvalue weighted by Gasteiger charge is -2.05. The highest BCUT2D eigenvalue weighted by molar-refractivity contribution is 6.10. The van der Waals surface area contributed by atoms with Crippen LogP contribution >= 0.6 is 0 Å². The van der Waals surface area contributed by atoms with Gasteiger partial charge in [0.25, 0.3) is 0 Å². The Morgan fingerprint density at radius 3 is 2.41 bits per heavy atom. The highest BCUT2D eigenvalue weighted by atomic mass is 19.1. The normalized spacial score (nSPS) is 10.3. The third-order valence-corrected chi connectivity index (χ3v) is 2.56. The van der Waals surface area contributed by atoms with Crippen LogP contribution < -0.4 is 0 Å². The molecular weight excluding hydrogens is 222 g/mol. The lowest BCUT2D eigenvalue weighted by Crippen LogP contribution is -2.06. The molecule has 0 heterocycles. The molecule has 0 spiro atoms. The summed E-state index contributed by atoms with van der Waals surface area (Å²) in [7, 11) is 0. The Morgan fingerprint density at radius 2 is 1.71 bits per heavy atom. The van der Waals surface area contributed by atoms with Gasteiger partial charge in [0.05, 0.1) is 5.56 Å². The summed E-state index contributed by atoms with van der Waals surface area (Å²) >= 11 is 0. The quantitative estimate of drug-likeness (QED) is 0.724. The van der Waals surface area contributed by atoms with E-state index in [1.807, 2.05) is 0 Å². The van der Waals surface area contributed by atoms with E-state index in [-0.39, 0.29) is 5.56 Å². The first-order chi connectivity index (χ1) is 8.09. The minimum absolute atomic E-state index is 0.237. The third-order valence-electron chi connectivity index (χ3n) is 2.56. The Morgan fingerprint density at radius 1 is 1.00 bits per heavy atom. The van der Waals surface area contributed by atoms with Gasteiger partial charge in [0.15, 0.2) is 5.78 Å². The highest BCUT2D eigenvalue weighted by Gasteiger charge is 2.16. The van der Waals surface area contributed by atoms with E-state index in [4.69, 9.17) is 0 Å². The maximum Gasteiger partial charge on any atom is 0.196 e. The maximum atomic E-state index is 13.4. The van der Waals surface area contributed by atoms with E-state index in [1.54, 1.807) is 31.2 Å². The van der Waals surface area contributed by atoms with Crippen LogP contribution in [0.5, 0.6) is 0 Å². The molecule has 0 fully saturated rings. The second-order valence-electron chi connectivity index (χ2n) is 3.77. The Kier molecular flexibility index (Phi) is 3.00. The molecule has 0 aromatic heterocycles. The molecular formula is C14H10F2O. The Labute approximate surface area is 97.7 Å². The first-order valence-corrected chi connectivity index (χ1v) is 5.15. The molecule has 2 aromatic carbocycles. The summed E-state index contributed by atoms with van der Waals surface area (Å²) in [6, 6.07) is 9.70. The van der Waals surface area contributed by atoms with Crippen molar-refractivity contribution in [2.45, 2.75) is 6.92 Å². The van der Waals surface area contributed by atoms with Crippen LogP contribution in [0.25, 0.3) is 0 Å². The van der Waals surface area contributed by atoms with Gasteiger partial charge in [-0.25, -0.2) is 8.78 Å². The Bertz CT molecular complexity index is 576. The van der Waals surface area contributed by atoms with Crippen molar-refractivity contribution in [3.63, 3.8) is 0 Å². The van der Waals surface area contributed by atoms with Gasteiger partial charge in [0, 0.05) is 5.56 Å². The van der Waals surface area contributed by atoms with Gasteiger partial charge in [-0.05, 0) is 30.7 Å². The summed E-state index contributed by atoms with van der Waals surface area (Å²) in [5.41, 5.74) is 0.887. The Balaban J connectivity index is 2.51. The van der Waals surface area contributed by atoms with Crippen LogP contribution in [0, 0.1) is 18.6 Å². The van der Waals surface area contributed by atoms with Gasteiger partial charge >= 0.3 is 0 Å². The van der Waals surface area contributed by atoms with Crippen LogP contribution in [-0.4, -0.2) is 5.78 Å². The third kappa shape index (κ3) is 2.23. The molecule has 1 nitrogen and oxygen atoms in total. The van der Waals surface area contributed by atoms with Crippen molar-refractivity contribution < 1.29 is 13.6 Å². The first kappa shape index (κ1) is 11.5. The molecule has 3 heteroatoms. The number of rotatable bonds is 2. The fraction of sp³-hybridized carbons (Fsp3) is 0.0714. The second kappa shape index (κ2) is 4.45. The number of halogens is 2. The summed E-state index contributed by atoms with van der Waals surface area (Å²) < 4.78 is 26.5. The number of ketones is 1. The molecule has 0 N–H and O–H groups in total. The lowest BCUT2D eigenvalue weighted by atomic mass is 9.99. The van der Waals surface area contributed by atoms with Gasteiger partial charge in [-0.1, -0.05) is 24.3 Å². The minimum atomic E-state index is -0.709. The zero-order chi connectivity index (χ0) is 12.4. The van der Waals surface area contributed by atoms with Crippen LogP contribution in [0.3, 0.4) is 0 Å². The average molecular weight is 232 g/mol.